The van der Waals surface area contributed by atoms with E-state index in [9.17, 15) is 30.8 Å². The van der Waals surface area contributed by atoms with Crippen molar-refractivity contribution in [3.05, 3.63) is 54.5 Å². The molecule has 41 heavy (non-hydrogen) atoms. The van der Waals surface area contributed by atoms with E-state index in [4.69, 9.17) is 0 Å². The quantitative estimate of drug-likeness (QED) is 0.352. The SMILES string of the molecule is CCN(CC)CC.O=C1[C@@H]2CN(S(=O)(=O)CCC(F)(F)F)C[C@@H]2CN1c1cccc2c1cnn2-c1ccccc1F. The number of halogens is 4. The Morgan fingerprint density at radius 1 is 0.951 bits per heavy atom. The van der Waals surface area contributed by atoms with Gasteiger partial charge in [-0.3, -0.25) is 4.79 Å². The molecule has 1 aromatic heterocycles. The Kier molecular flexibility index (Phi) is 9.39. The first kappa shape index (κ1) is 30.9. The molecule has 0 saturated carbocycles. The number of nitrogens with zero attached hydrogens (tertiary/aromatic N) is 5. The Bertz CT molecular complexity index is 1470. The molecule has 0 radical (unpaired) electrons. The Labute approximate surface area is 237 Å². The minimum atomic E-state index is -4.57. The van der Waals surface area contributed by atoms with Gasteiger partial charge in [0.1, 0.15) is 11.5 Å². The molecule has 1 amide bonds. The number of carbonyl (C=O) groups excluding carboxylic acids is 1. The number of rotatable bonds is 8. The fourth-order valence-electron chi connectivity index (χ4n) is 5.40. The molecule has 3 aromatic rings. The first-order valence-electron chi connectivity index (χ1n) is 13.7. The van der Waals surface area contributed by atoms with Crippen LogP contribution in [-0.4, -0.2) is 84.5 Å². The maximum Gasteiger partial charge on any atom is 0.390 e. The fourth-order valence-corrected chi connectivity index (χ4v) is 6.95. The van der Waals surface area contributed by atoms with Crippen LogP contribution in [0.5, 0.6) is 0 Å². The lowest BCUT2D eigenvalue weighted by Crippen LogP contribution is -2.37. The number of hydrogen-bond donors (Lipinski definition) is 0. The Hall–Kier alpha value is -3.03. The highest BCUT2D eigenvalue weighted by Gasteiger charge is 2.50. The second-order valence-corrected chi connectivity index (χ2v) is 12.2. The van der Waals surface area contributed by atoms with E-state index in [-0.39, 0.29) is 37.1 Å². The van der Waals surface area contributed by atoms with Gasteiger partial charge in [-0.25, -0.2) is 21.8 Å². The Balaban J connectivity index is 0.000000493. The summed E-state index contributed by atoms with van der Waals surface area (Å²) < 4.78 is 79.0. The van der Waals surface area contributed by atoms with Crippen LogP contribution in [-0.2, 0) is 14.8 Å². The highest BCUT2D eigenvalue weighted by Crippen LogP contribution is 2.39. The van der Waals surface area contributed by atoms with Crippen molar-refractivity contribution >= 4 is 32.5 Å². The number of amides is 1. The molecular formula is C28H35F4N5O3S. The molecule has 2 saturated heterocycles. The van der Waals surface area contributed by atoms with Gasteiger partial charge in [0.15, 0.2) is 0 Å². The molecular weight excluding hydrogens is 562 g/mol. The number of fused-ring (bicyclic) bond motifs is 2. The highest BCUT2D eigenvalue weighted by atomic mass is 32.2. The molecule has 224 valence electrons. The van der Waals surface area contributed by atoms with Crippen molar-refractivity contribution < 1.29 is 30.8 Å². The second kappa shape index (κ2) is 12.5. The first-order valence-corrected chi connectivity index (χ1v) is 15.3. The molecule has 2 aromatic carbocycles. The number of alkyl halides is 3. The third-order valence-corrected chi connectivity index (χ3v) is 9.55. The standard InChI is InChI=1S/C22H20F4N4O3S.C6H15N/c23-17-4-1-2-5-20(17)30-19-7-3-6-18(15(19)10-27-30)29-12-14-11-28(13-16(14)21(29)31)34(32,33)9-8-22(24,25)26;1-4-7(5-2)6-3/h1-7,10,14,16H,8-9,11-13H2;4-6H2,1-3H3/t14-,16-;/m1./s1. The van der Waals surface area contributed by atoms with Gasteiger partial charge in [0, 0.05) is 30.9 Å². The van der Waals surface area contributed by atoms with E-state index in [0.717, 1.165) is 4.31 Å². The van der Waals surface area contributed by atoms with Crippen molar-refractivity contribution in [3.63, 3.8) is 0 Å². The van der Waals surface area contributed by atoms with Crippen molar-refractivity contribution in [3.8, 4) is 5.69 Å². The number of aromatic nitrogens is 2. The van der Waals surface area contributed by atoms with Gasteiger partial charge in [-0.15, -0.1) is 0 Å². The smallest absolute Gasteiger partial charge is 0.311 e. The largest absolute Gasteiger partial charge is 0.390 e. The fraction of sp³-hybridized carbons (Fsp3) is 0.500. The molecule has 2 atom stereocenters. The summed E-state index contributed by atoms with van der Waals surface area (Å²) in [4.78, 5) is 17.1. The Morgan fingerprint density at radius 3 is 2.20 bits per heavy atom. The van der Waals surface area contributed by atoms with Crippen LogP contribution in [0.3, 0.4) is 0 Å². The molecule has 5 rings (SSSR count). The molecule has 0 spiro atoms. The molecule has 0 aliphatic carbocycles. The molecule has 2 aliphatic rings. The summed E-state index contributed by atoms with van der Waals surface area (Å²) in [5.74, 6) is -2.72. The van der Waals surface area contributed by atoms with Gasteiger partial charge in [0.05, 0.1) is 35.5 Å². The molecule has 0 bridgehead atoms. The van der Waals surface area contributed by atoms with Crippen LogP contribution >= 0.6 is 0 Å². The van der Waals surface area contributed by atoms with E-state index >= 15 is 0 Å². The second-order valence-electron chi connectivity index (χ2n) is 10.2. The zero-order valence-electron chi connectivity index (χ0n) is 23.3. The minimum Gasteiger partial charge on any atom is -0.311 e. The topological polar surface area (TPSA) is 78.8 Å². The molecule has 0 N–H and O–H groups in total. The summed E-state index contributed by atoms with van der Waals surface area (Å²) in [6.07, 6.45) is -4.44. The lowest BCUT2D eigenvalue weighted by atomic mass is 10.0. The van der Waals surface area contributed by atoms with Crippen LogP contribution in [0.4, 0.5) is 23.2 Å². The van der Waals surface area contributed by atoms with Gasteiger partial charge in [-0.05, 0) is 43.9 Å². The van der Waals surface area contributed by atoms with E-state index in [1.807, 2.05) is 0 Å². The van der Waals surface area contributed by atoms with Gasteiger partial charge >= 0.3 is 6.18 Å². The summed E-state index contributed by atoms with van der Waals surface area (Å²) in [5, 5.41) is 4.93. The van der Waals surface area contributed by atoms with Gasteiger partial charge in [-0.2, -0.15) is 18.3 Å². The summed E-state index contributed by atoms with van der Waals surface area (Å²) in [7, 11) is -4.11. The van der Waals surface area contributed by atoms with Crippen molar-refractivity contribution in [2.45, 2.75) is 33.4 Å². The van der Waals surface area contributed by atoms with E-state index < -0.39 is 40.1 Å². The van der Waals surface area contributed by atoms with Gasteiger partial charge in [0.25, 0.3) is 0 Å². The normalized spacial score (nSPS) is 19.6. The molecule has 2 aliphatic heterocycles. The average Bonchev–Trinajstić information content (AvgIpc) is 3.64. The van der Waals surface area contributed by atoms with Crippen LogP contribution in [0.2, 0.25) is 0 Å². The zero-order valence-corrected chi connectivity index (χ0v) is 24.1. The number of sulfonamides is 1. The monoisotopic (exact) mass is 597 g/mol. The third-order valence-electron chi connectivity index (χ3n) is 7.75. The van der Waals surface area contributed by atoms with E-state index in [1.165, 1.54) is 30.4 Å². The summed E-state index contributed by atoms with van der Waals surface area (Å²) in [6, 6.07) is 11.4. The van der Waals surface area contributed by atoms with Crippen molar-refractivity contribution in [1.29, 1.82) is 0 Å². The number of hydrogen-bond acceptors (Lipinski definition) is 5. The summed E-state index contributed by atoms with van der Waals surface area (Å²) in [6.45, 7) is 10.2. The summed E-state index contributed by atoms with van der Waals surface area (Å²) in [5.41, 5.74) is 1.44. The predicted molar refractivity (Wildman–Crippen MR) is 150 cm³/mol. The summed E-state index contributed by atoms with van der Waals surface area (Å²) >= 11 is 0. The predicted octanol–water partition coefficient (Wildman–Crippen LogP) is 4.69. The Morgan fingerprint density at radius 2 is 1.61 bits per heavy atom. The number of benzene rings is 2. The number of carbonyl (C=O) groups is 1. The minimum absolute atomic E-state index is 0.00242. The lowest BCUT2D eigenvalue weighted by molar-refractivity contribution is -0.130. The van der Waals surface area contributed by atoms with E-state index in [1.54, 1.807) is 47.5 Å². The van der Waals surface area contributed by atoms with Crippen molar-refractivity contribution in [2.75, 3.05) is 49.9 Å². The van der Waals surface area contributed by atoms with Crippen LogP contribution in [0.25, 0.3) is 16.6 Å². The maximum atomic E-state index is 14.3. The zero-order chi connectivity index (χ0) is 29.9. The number of anilines is 1. The maximum absolute atomic E-state index is 14.3. The highest BCUT2D eigenvalue weighted by molar-refractivity contribution is 7.89. The molecule has 8 nitrogen and oxygen atoms in total. The third kappa shape index (κ3) is 6.73. The van der Waals surface area contributed by atoms with Crippen molar-refractivity contribution in [2.24, 2.45) is 11.8 Å². The van der Waals surface area contributed by atoms with Crippen LogP contribution in [0, 0.1) is 17.7 Å². The number of para-hydroxylation sites is 1. The van der Waals surface area contributed by atoms with Crippen LogP contribution in [0.1, 0.15) is 27.2 Å². The first-order chi connectivity index (χ1) is 19.4. The molecule has 3 heterocycles. The van der Waals surface area contributed by atoms with Crippen LogP contribution < -0.4 is 4.90 Å². The van der Waals surface area contributed by atoms with Gasteiger partial charge in [-0.1, -0.05) is 39.0 Å². The molecule has 0 unspecified atom stereocenters. The van der Waals surface area contributed by atoms with Crippen LogP contribution in [0.15, 0.2) is 48.7 Å². The van der Waals surface area contributed by atoms with Crippen molar-refractivity contribution in [1.82, 2.24) is 19.0 Å². The van der Waals surface area contributed by atoms with E-state index in [2.05, 4.69) is 30.8 Å². The molecule has 13 heteroatoms. The van der Waals surface area contributed by atoms with E-state index in [0.29, 0.717) is 16.6 Å². The average molecular weight is 598 g/mol. The lowest BCUT2D eigenvalue weighted by Gasteiger charge is -2.22. The van der Waals surface area contributed by atoms with Gasteiger partial charge in [0.2, 0.25) is 15.9 Å². The molecule has 2 fully saturated rings. The van der Waals surface area contributed by atoms with Gasteiger partial charge < -0.3 is 9.80 Å².